The summed E-state index contributed by atoms with van der Waals surface area (Å²) in [5, 5.41) is 0. The van der Waals surface area contributed by atoms with Gasteiger partial charge in [0.1, 0.15) is 5.75 Å². The highest BCUT2D eigenvalue weighted by Crippen LogP contribution is 2.41. The predicted molar refractivity (Wildman–Crippen MR) is 137 cm³/mol. The Morgan fingerprint density at radius 3 is 2.66 bits per heavy atom. The molecule has 4 aromatic rings. The largest absolute Gasteiger partial charge is 0.427 e. The van der Waals surface area contributed by atoms with Gasteiger partial charge in [0.15, 0.2) is 4.80 Å². The second-order valence-electron chi connectivity index (χ2n) is 8.69. The summed E-state index contributed by atoms with van der Waals surface area (Å²) < 4.78 is 7.65. The molecule has 0 fully saturated rings. The van der Waals surface area contributed by atoms with Crippen molar-refractivity contribution in [2.24, 2.45) is 4.99 Å². The van der Waals surface area contributed by atoms with Crippen molar-refractivity contribution in [1.82, 2.24) is 4.57 Å². The van der Waals surface area contributed by atoms with Gasteiger partial charge in [-0.25, -0.2) is 4.99 Å². The van der Waals surface area contributed by atoms with Gasteiger partial charge in [-0.15, -0.1) is 0 Å². The number of carbonyl (C=O) groups excluding carboxylic acids is 1. The normalized spacial score (nSPS) is 16.7. The maximum absolute atomic E-state index is 13.8. The monoisotopic (exact) mass is 478 g/mol. The van der Waals surface area contributed by atoms with Crippen LogP contribution < -0.4 is 19.6 Å². The molecule has 0 radical (unpaired) electrons. The zero-order valence-electron chi connectivity index (χ0n) is 19.1. The number of carbonyl (C=O) groups is 1. The quantitative estimate of drug-likeness (QED) is 0.327. The number of aryl methyl sites for hydroxylation is 1. The first-order chi connectivity index (χ1) is 17.1. The Morgan fingerprint density at radius 2 is 1.83 bits per heavy atom. The number of rotatable bonds is 3. The van der Waals surface area contributed by atoms with E-state index in [1.807, 2.05) is 47.0 Å². The molecule has 1 aromatic heterocycles. The van der Waals surface area contributed by atoms with Gasteiger partial charge >= 0.3 is 5.97 Å². The number of ether oxygens (including phenoxy) is 1. The maximum atomic E-state index is 13.8. The highest BCUT2D eigenvalue weighted by Gasteiger charge is 2.32. The van der Waals surface area contributed by atoms with E-state index in [9.17, 15) is 9.59 Å². The number of allylic oxidation sites excluding steroid dienone is 1. The number of fused-ring (bicyclic) bond motifs is 3. The molecular weight excluding hydrogens is 456 g/mol. The van der Waals surface area contributed by atoms with Gasteiger partial charge in [0.2, 0.25) is 0 Å². The van der Waals surface area contributed by atoms with E-state index in [1.54, 1.807) is 12.1 Å². The number of aromatic nitrogens is 1. The molecule has 3 aromatic carbocycles. The summed E-state index contributed by atoms with van der Waals surface area (Å²) in [4.78, 5) is 30.8. The molecule has 0 spiro atoms. The highest BCUT2D eigenvalue weighted by molar-refractivity contribution is 7.07. The van der Waals surface area contributed by atoms with Crippen LogP contribution in [0.25, 0.3) is 11.8 Å². The fraction of sp³-hybridized carbons (Fsp3) is 0.138. The minimum absolute atomic E-state index is 0.0640. The standard InChI is InChI=1S/C29H22N2O3S/c1-18(32)34-22-12-7-8-19(16-22)17-25-28(33)31-27(21-10-3-2-4-11-21)24-15-14-20-9-5-6-13-23(20)26(24)30-29(31)35-25/h2-13,16-17,27H,14-15H2,1H3/b25-17-/t27-/m1/s1. The lowest BCUT2D eigenvalue weighted by Crippen LogP contribution is -2.38. The summed E-state index contributed by atoms with van der Waals surface area (Å²) in [6.07, 6.45) is 3.64. The lowest BCUT2D eigenvalue weighted by Gasteiger charge is -2.30. The summed E-state index contributed by atoms with van der Waals surface area (Å²) in [5.41, 5.74) is 6.44. The second-order valence-corrected chi connectivity index (χ2v) is 9.70. The van der Waals surface area contributed by atoms with Crippen molar-refractivity contribution in [3.05, 3.63) is 126 Å². The smallest absolute Gasteiger partial charge is 0.308 e. The Bertz CT molecular complexity index is 1680. The number of nitrogens with zero attached hydrogens (tertiary/aromatic N) is 2. The van der Waals surface area contributed by atoms with E-state index in [1.165, 1.54) is 29.4 Å². The molecule has 6 heteroatoms. The summed E-state index contributed by atoms with van der Waals surface area (Å²) in [6.45, 7) is 1.37. The maximum Gasteiger partial charge on any atom is 0.308 e. The zero-order chi connectivity index (χ0) is 23.9. The summed E-state index contributed by atoms with van der Waals surface area (Å²) in [7, 11) is 0. The Balaban J connectivity index is 1.56. The van der Waals surface area contributed by atoms with Crippen LogP contribution in [0.5, 0.6) is 5.75 Å². The number of hydrogen-bond acceptors (Lipinski definition) is 5. The van der Waals surface area contributed by atoms with Crippen LogP contribution in [0, 0.1) is 0 Å². The lowest BCUT2D eigenvalue weighted by molar-refractivity contribution is -0.131. The van der Waals surface area contributed by atoms with Crippen molar-refractivity contribution >= 4 is 29.1 Å². The number of thiazole rings is 1. The van der Waals surface area contributed by atoms with Crippen LogP contribution in [0.1, 0.15) is 41.6 Å². The average molecular weight is 479 g/mol. The van der Waals surface area contributed by atoms with Gasteiger partial charge in [-0.1, -0.05) is 78.1 Å². The van der Waals surface area contributed by atoms with Crippen molar-refractivity contribution in [2.45, 2.75) is 25.8 Å². The van der Waals surface area contributed by atoms with Crippen molar-refractivity contribution < 1.29 is 9.53 Å². The van der Waals surface area contributed by atoms with Gasteiger partial charge in [-0.2, -0.15) is 0 Å². The first-order valence-electron chi connectivity index (χ1n) is 11.5. The molecule has 0 N–H and O–H groups in total. The minimum Gasteiger partial charge on any atom is -0.427 e. The molecule has 0 amide bonds. The van der Waals surface area contributed by atoms with E-state index < -0.39 is 0 Å². The van der Waals surface area contributed by atoms with Gasteiger partial charge in [0.05, 0.1) is 16.3 Å². The van der Waals surface area contributed by atoms with Gasteiger partial charge in [-0.3, -0.25) is 14.2 Å². The molecule has 0 bridgehead atoms. The third-order valence-electron chi connectivity index (χ3n) is 6.41. The van der Waals surface area contributed by atoms with Gasteiger partial charge in [0, 0.05) is 12.5 Å². The third kappa shape index (κ3) is 3.86. The Hall–Kier alpha value is -4.03. The van der Waals surface area contributed by atoms with Crippen LogP contribution in [0.4, 0.5) is 0 Å². The molecule has 35 heavy (non-hydrogen) atoms. The molecule has 1 aliphatic heterocycles. The fourth-order valence-electron chi connectivity index (χ4n) is 4.94. The number of esters is 1. The van der Waals surface area contributed by atoms with Crippen molar-refractivity contribution in [3.63, 3.8) is 0 Å². The first-order valence-corrected chi connectivity index (χ1v) is 12.4. The van der Waals surface area contributed by atoms with E-state index in [0.29, 0.717) is 15.1 Å². The van der Waals surface area contributed by atoms with E-state index in [4.69, 9.17) is 9.73 Å². The van der Waals surface area contributed by atoms with Crippen LogP contribution >= 0.6 is 11.3 Å². The summed E-state index contributed by atoms with van der Waals surface area (Å²) in [5.74, 6) is 0.0727. The van der Waals surface area contributed by atoms with Gasteiger partial charge in [-0.05, 0) is 53.3 Å². The second kappa shape index (κ2) is 8.64. The number of benzene rings is 3. The van der Waals surface area contributed by atoms with Crippen LogP contribution in [-0.4, -0.2) is 10.5 Å². The molecule has 6 rings (SSSR count). The van der Waals surface area contributed by atoms with Crippen molar-refractivity contribution in [3.8, 4) is 5.75 Å². The molecule has 0 unspecified atom stereocenters. The van der Waals surface area contributed by atoms with Crippen LogP contribution in [-0.2, 0) is 11.2 Å². The SMILES string of the molecule is CC(=O)Oc1cccc(/C=c2\sc3n(c2=O)[C@H](c2ccccc2)C2=C(N=3)c3ccccc3CC2)c1. The summed E-state index contributed by atoms with van der Waals surface area (Å²) >= 11 is 1.39. The molecular formula is C29H22N2O3S. The van der Waals surface area contributed by atoms with E-state index in [-0.39, 0.29) is 17.6 Å². The Labute approximate surface area is 206 Å². The minimum atomic E-state index is -0.379. The fourth-order valence-corrected chi connectivity index (χ4v) is 5.94. The van der Waals surface area contributed by atoms with E-state index >= 15 is 0 Å². The molecule has 172 valence electrons. The van der Waals surface area contributed by atoms with E-state index in [0.717, 1.165) is 35.2 Å². The average Bonchev–Trinajstić information content (AvgIpc) is 3.17. The van der Waals surface area contributed by atoms with E-state index in [2.05, 4.69) is 30.3 Å². The van der Waals surface area contributed by atoms with Crippen molar-refractivity contribution in [1.29, 1.82) is 0 Å². The number of hydrogen-bond donors (Lipinski definition) is 0. The van der Waals surface area contributed by atoms with Crippen LogP contribution in [0.3, 0.4) is 0 Å². The molecule has 1 aliphatic carbocycles. The summed E-state index contributed by atoms with van der Waals surface area (Å²) in [6, 6.07) is 25.6. The predicted octanol–water partition coefficient (Wildman–Crippen LogP) is 4.24. The molecule has 5 nitrogen and oxygen atoms in total. The molecule has 0 saturated carbocycles. The van der Waals surface area contributed by atoms with Crippen molar-refractivity contribution in [2.75, 3.05) is 0 Å². The van der Waals surface area contributed by atoms with Crippen LogP contribution in [0.2, 0.25) is 0 Å². The topological polar surface area (TPSA) is 60.7 Å². The Kier molecular flexibility index (Phi) is 5.30. The van der Waals surface area contributed by atoms with Crippen LogP contribution in [0.15, 0.2) is 94.2 Å². The molecule has 2 aliphatic rings. The third-order valence-corrected chi connectivity index (χ3v) is 7.39. The highest BCUT2D eigenvalue weighted by atomic mass is 32.1. The first kappa shape index (κ1) is 21.5. The van der Waals surface area contributed by atoms with Gasteiger partial charge < -0.3 is 4.74 Å². The Morgan fingerprint density at radius 1 is 1.03 bits per heavy atom. The molecule has 1 atom stereocenters. The van der Waals surface area contributed by atoms with Gasteiger partial charge in [0.25, 0.3) is 5.56 Å². The zero-order valence-corrected chi connectivity index (χ0v) is 19.9. The molecule has 0 saturated heterocycles. The lowest BCUT2D eigenvalue weighted by atomic mass is 9.83. The molecule has 2 heterocycles.